The number of amides is 1. The first-order valence-electron chi connectivity index (χ1n) is 9.83. The Bertz CT molecular complexity index is 1100. The third-order valence-corrected chi connectivity index (χ3v) is 5.22. The molecule has 0 heterocycles. The fourth-order valence-corrected chi connectivity index (χ4v) is 3.56. The fourth-order valence-electron chi connectivity index (χ4n) is 3.06. The van der Waals surface area contributed by atoms with Crippen LogP contribution >= 0.6 is 23.2 Å². The Morgan fingerprint density at radius 2 is 1.82 bits per heavy atom. The lowest BCUT2D eigenvalue weighted by Crippen LogP contribution is -2.32. The molecule has 0 aliphatic heterocycles. The van der Waals surface area contributed by atoms with Crippen molar-refractivity contribution in [3.05, 3.63) is 74.5 Å². The number of carbonyl (C=O) groups excluding carboxylic acids is 2. The molecule has 2 aromatic carbocycles. The molecule has 1 atom stereocenters. The van der Waals surface area contributed by atoms with Gasteiger partial charge in [0.25, 0.3) is 5.91 Å². The van der Waals surface area contributed by atoms with E-state index < -0.39 is 46.4 Å². The van der Waals surface area contributed by atoms with Crippen molar-refractivity contribution in [2.75, 3.05) is 13.2 Å². The number of aryl methyl sites for hydroxylation is 1. The van der Waals surface area contributed by atoms with Gasteiger partial charge in [-0.2, -0.15) is 18.3 Å². The average Bonchev–Trinajstić information content (AvgIpc) is 2.74. The number of carbonyl (C=O) groups is 2. The Hall–Kier alpha value is -2.91. The standard InChI is InChI=1S/C23H20Cl2F4N2O3/c1-4-34-20(32)12-31(30-3)22(33)16-7-5-14(9-13(16)2)6-8-17(23(27,28)29)15-10-18(24)21(26)19(25)11-15/h5-11,17H,3-4,12H2,1-2H3/b8-6+. The Labute approximate surface area is 203 Å². The number of rotatable bonds is 8. The molecular weight excluding hydrogens is 499 g/mol. The van der Waals surface area contributed by atoms with Crippen LogP contribution in [-0.4, -0.2) is 42.9 Å². The molecule has 0 saturated heterocycles. The van der Waals surface area contributed by atoms with Gasteiger partial charge in [0.05, 0.1) is 22.6 Å². The van der Waals surface area contributed by atoms with Crippen LogP contribution in [0.2, 0.25) is 10.0 Å². The maximum atomic E-state index is 13.7. The summed E-state index contributed by atoms with van der Waals surface area (Å²) in [5.74, 6) is -4.40. The molecule has 2 aromatic rings. The summed E-state index contributed by atoms with van der Waals surface area (Å²) in [6.45, 7) is 6.16. The van der Waals surface area contributed by atoms with Gasteiger partial charge >= 0.3 is 12.1 Å². The fraction of sp³-hybridized carbons (Fsp3) is 0.261. The van der Waals surface area contributed by atoms with E-state index >= 15 is 0 Å². The van der Waals surface area contributed by atoms with Crippen molar-refractivity contribution in [3.8, 4) is 0 Å². The first kappa shape index (κ1) is 27.3. The maximum Gasteiger partial charge on any atom is 0.399 e. The zero-order valence-corrected chi connectivity index (χ0v) is 19.6. The molecule has 0 bridgehead atoms. The summed E-state index contributed by atoms with van der Waals surface area (Å²) in [7, 11) is 0. The number of nitrogens with zero attached hydrogens (tertiary/aromatic N) is 2. The lowest BCUT2D eigenvalue weighted by atomic mass is 9.96. The second-order valence-corrected chi connectivity index (χ2v) is 7.87. The van der Waals surface area contributed by atoms with Gasteiger partial charge in [0.2, 0.25) is 0 Å². The molecular formula is C23H20Cl2F4N2O3. The number of hydrazone groups is 1. The SMILES string of the molecule is C=NN(CC(=O)OCC)C(=O)c1ccc(/C=C/C(c2cc(Cl)c(F)c(Cl)c2)C(F)(F)F)cc1C. The number of halogens is 6. The first-order valence-corrected chi connectivity index (χ1v) is 10.6. The Morgan fingerprint density at radius 1 is 1.21 bits per heavy atom. The van der Waals surface area contributed by atoms with Crippen LogP contribution in [0.4, 0.5) is 17.6 Å². The highest BCUT2D eigenvalue weighted by molar-refractivity contribution is 6.35. The van der Waals surface area contributed by atoms with Crippen molar-refractivity contribution in [1.29, 1.82) is 0 Å². The minimum Gasteiger partial charge on any atom is -0.465 e. The van der Waals surface area contributed by atoms with E-state index in [-0.39, 0.29) is 17.7 Å². The molecule has 5 nitrogen and oxygen atoms in total. The Balaban J connectivity index is 2.32. The maximum absolute atomic E-state index is 13.7. The van der Waals surface area contributed by atoms with Gasteiger partial charge in [-0.3, -0.25) is 9.59 Å². The van der Waals surface area contributed by atoms with Crippen molar-refractivity contribution in [1.82, 2.24) is 5.01 Å². The van der Waals surface area contributed by atoms with Crippen molar-refractivity contribution in [2.45, 2.75) is 25.9 Å². The topological polar surface area (TPSA) is 59.0 Å². The highest BCUT2D eigenvalue weighted by Crippen LogP contribution is 2.39. The zero-order valence-electron chi connectivity index (χ0n) is 18.1. The van der Waals surface area contributed by atoms with Gasteiger partial charge in [-0.1, -0.05) is 47.5 Å². The van der Waals surface area contributed by atoms with E-state index in [0.717, 1.165) is 23.2 Å². The Morgan fingerprint density at radius 3 is 2.32 bits per heavy atom. The molecule has 0 saturated carbocycles. The molecule has 1 amide bonds. The molecule has 0 spiro atoms. The third-order valence-electron chi connectivity index (χ3n) is 4.67. The normalized spacial score (nSPS) is 12.5. The number of hydrogen-bond acceptors (Lipinski definition) is 4. The third kappa shape index (κ3) is 6.80. The van der Waals surface area contributed by atoms with Crippen molar-refractivity contribution in [3.63, 3.8) is 0 Å². The van der Waals surface area contributed by atoms with Gasteiger partial charge in [-0.05, 0) is 48.7 Å². The van der Waals surface area contributed by atoms with E-state index in [2.05, 4.69) is 11.8 Å². The monoisotopic (exact) mass is 518 g/mol. The van der Waals surface area contributed by atoms with Gasteiger partial charge in [0.15, 0.2) is 5.82 Å². The second kappa shape index (κ2) is 11.5. The second-order valence-electron chi connectivity index (χ2n) is 7.06. The molecule has 34 heavy (non-hydrogen) atoms. The van der Waals surface area contributed by atoms with Gasteiger partial charge < -0.3 is 4.74 Å². The lowest BCUT2D eigenvalue weighted by molar-refractivity contribution is -0.144. The van der Waals surface area contributed by atoms with E-state index in [4.69, 9.17) is 27.9 Å². The molecule has 0 aromatic heterocycles. The van der Waals surface area contributed by atoms with Crippen LogP contribution in [0.1, 0.15) is 39.9 Å². The summed E-state index contributed by atoms with van der Waals surface area (Å²) in [6, 6.07) is 6.07. The van der Waals surface area contributed by atoms with Crippen molar-refractivity contribution in [2.24, 2.45) is 5.10 Å². The summed E-state index contributed by atoms with van der Waals surface area (Å²) in [6.07, 6.45) is -2.60. The highest BCUT2D eigenvalue weighted by Gasteiger charge is 2.39. The van der Waals surface area contributed by atoms with Gasteiger partial charge in [0, 0.05) is 12.3 Å². The molecule has 0 aliphatic rings. The number of hydrogen-bond donors (Lipinski definition) is 0. The molecule has 1 unspecified atom stereocenters. The minimum atomic E-state index is -4.70. The van der Waals surface area contributed by atoms with Crippen LogP contribution < -0.4 is 0 Å². The summed E-state index contributed by atoms with van der Waals surface area (Å²) in [4.78, 5) is 24.3. The number of esters is 1. The summed E-state index contributed by atoms with van der Waals surface area (Å²) in [5.41, 5.74) is 0.654. The molecule has 0 N–H and O–H groups in total. The van der Waals surface area contributed by atoms with E-state index in [1.165, 1.54) is 24.3 Å². The van der Waals surface area contributed by atoms with Crippen LogP contribution in [-0.2, 0) is 9.53 Å². The molecule has 182 valence electrons. The van der Waals surface area contributed by atoms with Crippen molar-refractivity contribution >= 4 is 47.9 Å². The van der Waals surface area contributed by atoms with Crippen LogP contribution in [0.5, 0.6) is 0 Å². The van der Waals surface area contributed by atoms with Gasteiger partial charge in [0.1, 0.15) is 6.54 Å². The summed E-state index contributed by atoms with van der Waals surface area (Å²) >= 11 is 11.3. The van der Waals surface area contributed by atoms with E-state index in [1.807, 2.05) is 0 Å². The predicted octanol–water partition coefficient (Wildman–Crippen LogP) is 6.42. The smallest absolute Gasteiger partial charge is 0.399 e. The number of ether oxygens (including phenoxy) is 1. The van der Waals surface area contributed by atoms with Crippen LogP contribution in [0, 0.1) is 12.7 Å². The first-order chi connectivity index (χ1) is 15.9. The van der Waals surface area contributed by atoms with E-state index in [9.17, 15) is 27.2 Å². The number of allylic oxidation sites excluding steroid dienone is 1. The molecule has 11 heteroatoms. The van der Waals surface area contributed by atoms with Gasteiger partial charge in [-0.25, -0.2) is 9.40 Å². The lowest BCUT2D eigenvalue weighted by Gasteiger charge is -2.18. The highest BCUT2D eigenvalue weighted by atomic mass is 35.5. The van der Waals surface area contributed by atoms with E-state index in [0.29, 0.717) is 11.1 Å². The summed E-state index contributed by atoms with van der Waals surface area (Å²) in [5, 5.41) is 3.32. The molecule has 2 rings (SSSR count). The molecule has 0 fully saturated rings. The molecule has 0 aliphatic carbocycles. The van der Waals surface area contributed by atoms with Crippen LogP contribution in [0.3, 0.4) is 0 Å². The summed E-state index contributed by atoms with van der Waals surface area (Å²) < 4.78 is 59.4. The minimum absolute atomic E-state index is 0.132. The number of alkyl halides is 3. The van der Waals surface area contributed by atoms with Crippen molar-refractivity contribution < 1.29 is 31.9 Å². The van der Waals surface area contributed by atoms with Crippen LogP contribution in [0.15, 0.2) is 41.5 Å². The number of benzene rings is 2. The van der Waals surface area contributed by atoms with Crippen LogP contribution in [0.25, 0.3) is 6.08 Å². The average molecular weight is 519 g/mol. The predicted molar refractivity (Wildman–Crippen MR) is 123 cm³/mol. The van der Waals surface area contributed by atoms with E-state index in [1.54, 1.807) is 13.8 Å². The van der Waals surface area contributed by atoms with Gasteiger partial charge in [-0.15, -0.1) is 0 Å². The quantitative estimate of drug-likeness (QED) is 0.133. The molecule has 0 radical (unpaired) electrons. The Kier molecular flexibility index (Phi) is 9.23. The zero-order chi connectivity index (χ0) is 25.6. The largest absolute Gasteiger partial charge is 0.465 e.